The molecule has 0 saturated carbocycles. The number of likely N-dealkylation sites (tertiary alicyclic amines) is 1. The Balaban J connectivity index is 1.81. The van der Waals surface area contributed by atoms with Gasteiger partial charge in [-0.05, 0) is 5.56 Å². The average molecular weight is 230 g/mol. The zero-order valence-electron chi connectivity index (χ0n) is 9.50. The van der Waals surface area contributed by atoms with Crippen LogP contribution in [-0.4, -0.2) is 30.1 Å². The molecule has 2 rings (SSSR count). The van der Waals surface area contributed by atoms with Crippen molar-refractivity contribution in [1.29, 1.82) is 0 Å². The second-order valence-electron chi connectivity index (χ2n) is 4.06. The minimum atomic E-state index is -0.319. The number of ether oxygens (including phenoxy) is 1. The number of carbonyl (C=O) groups excluding carboxylic acids is 1. The van der Waals surface area contributed by atoms with Crippen molar-refractivity contribution in [3.8, 4) is 0 Å². The maximum atomic E-state index is 11.7. The van der Waals surface area contributed by atoms with Gasteiger partial charge in [0, 0.05) is 13.0 Å². The fourth-order valence-electron chi connectivity index (χ4n) is 1.82. The molecule has 1 aromatic carbocycles. The molecule has 1 heterocycles. The lowest BCUT2D eigenvalue weighted by Gasteiger charge is -2.14. The summed E-state index contributed by atoms with van der Waals surface area (Å²) in [6.07, 6.45) is 0.434. The van der Waals surface area contributed by atoms with Crippen molar-refractivity contribution < 1.29 is 9.53 Å². The fraction of sp³-hybridized carbons (Fsp3) is 0.385. The van der Waals surface area contributed by atoms with E-state index in [1.165, 1.54) is 0 Å². The Hall–Kier alpha value is -2.02. The lowest BCUT2D eigenvalue weighted by Crippen LogP contribution is -2.29. The van der Waals surface area contributed by atoms with Crippen molar-refractivity contribution in [2.75, 3.05) is 13.1 Å². The SMILES string of the molecule is [C-]#[N+]C1CCN(C(=O)OCc2ccccc2)C1. The van der Waals surface area contributed by atoms with Crippen LogP contribution in [0.1, 0.15) is 12.0 Å². The number of hydrogen-bond acceptors (Lipinski definition) is 2. The second kappa shape index (κ2) is 5.35. The summed E-state index contributed by atoms with van der Waals surface area (Å²) < 4.78 is 5.19. The smallest absolute Gasteiger partial charge is 0.410 e. The lowest BCUT2D eigenvalue weighted by atomic mass is 10.2. The molecule has 1 amide bonds. The third-order valence-corrected chi connectivity index (χ3v) is 2.81. The van der Waals surface area contributed by atoms with E-state index in [9.17, 15) is 4.79 Å². The van der Waals surface area contributed by atoms with Gasteiger partial charge in [0.2, 0.25) is 6.04 Å². The number of nitrogens with zero attached hydrogens (tertiary/aromatic N) is 2. The topological polar surface area (TPSA) is 33.9 Å². The molecule has 1 aliphatic rings. The molecule has 1 unspecified atom stereocenters. The fourth-order valence-corrected chi connectivity index (χ4v) is 1.82. The zero-order chi connectivity index (χ0) is 12.1. The third kappa shape index (κ3) is 2.97. The van der Waals surface area contributed by atoms with Crippen LogP contribution in [0.3, 0.4) is 0 Å². The largest absolute Gasteiger partial charge is 0.445 e. The van der Waals surface area contributed by atoms with Crippen molar-refractivity contribution in [2.24, 2.45) is 0 Å². The molecule has 1 fully saturated rings. The highest BCUT2D eigenvalue weighted by Gasteiger charge is 2.30. The number of benzene rings is 1. The normalized spacial score (nSPS) is 18.8. The Labute approximate surface area is 101 Å². The van der Waals surface area contributed by atoms with Gasteiger partial charge in [0.15, 0.2) is 0 Å². The molecular formula is C13H14N2O2. The van der Waals surface area contributed by atoms with Crippen LogP contribution in [-0.2, 0) is 11.3 Å². The zero-order valence-corrected chi connectivity index (χ0v) is 9.50. The van der Waals surface area contributed by atoms with Crippen molar-refractivity contribution in [3.63, 3.8) is 0 Å². The average Bonchev–Trinajstić information content (AvgIpc) is 2.86. The molecule has 0 aromatic heterocycles. The molecule has 4 heteroatoms. The Morgan fingerprint density at radius 1 is 1.47 bits per heavy atom. The van der Waals surface area contributed by atoms with Crippen molar-refractivity contribution >= 4 is 6.09 Å². The first-order valence-corrected chi connectivity index (χ1v) is 5.62. The summed E-state index contributed by atoms with van der Waals surface area (Å²) in [5, 5.41) is 0. The van der Waals surface area contributed by atoms with Crippen LogP contribution >= 0.6 is 0 Å². The van der Waals surface area contributed by atoms with Gasteiger partial charge in [-0.15, -0.1) is 0 Å². The Bertz CT molecular complexity index is 425. The second-order valence-corrected chi connectivity index (χ2v) is 4.06. The van der Waals surface area contributed by atoms with E-state index in [0.29, 0.717) is 19.7 Å². The van der Waals surface area contributed by atoms with Gasteiger partial charge in [-0.2, -0.15) is 0 Å². The van der Waals surface area contributed by atoms with Gasteiger partial charge in [-0.25, -0.2) is 11.4 Å². The maximum Gasteiger partial charge on any atom is 0.410 e. The molecular weight excluding hydrogens is 216 g/mol. The highest BCUT2D eigenvalue weighted by atomic mass is 16.6. The molecule has 88 valence electrons. The lowest BCUT2D eigenvalue weighted by molar-refractivity contribution is 0.104. The van der Waals surface area contributed by atoms with E-state index < -0.39 is 0 Å². The molecule has 1 atom stereocenters. The van der Waals surface area contributed by atoms with Crippen molar-refractivity contribution in [1.82, 2.24) is 4.90 Å². The van der Waals surface area contributed by atoms with Crippen LogP contribution in [0.4, 0.5) is 4.79 Å². The van der Waals surface area contributed by atoms with Gasteiger partial charge in [0.05, 0.1) is 6.54 Å². The van der Waals surface area contributed by atoms with Crippen LogP contribution in [0.5, 0.6) is 0 Å². The van der Waals surface area contributed by atoms with E-state index in [4.69, 9.17) is 11.3 Å². The van der Waals surface area contributed by atoms with Crippen LogP contribution in [0.2, 0.25) is 0 Å². The summed E-state index contributed by atoms with van der Waals surface area (Å²) in [6.45, 7) is 8.33. The number of amides is 1. The van der Waals surface area contributed by atoms with Gasteiger partial charge in [0.1, 0.15) is 6.61 Å². The van der Waals surface area contributed by atoms with Gasteiger partial charge in [-0.1, -0.05) is 30.3 Å². The van der Waals surface area contributed by atoms with E-state index >= 15 is 0 Å². The van der Waals surface area contributed by atoms with Crippen LogP contribution in [0.15, 0.2) is 30.3 Å². The summed E-state index contributed by atoms with van der Waals surface area (Å²) in [4.78, 5) is 16.7. The predicted octanol–water partition coefficient (Wildman–Crippen LogP) is 2.32. The monoisotopic (exact) mass is 230 g/mol. The first kappa shape index (κ1) is 11.5. The highest BCUT2D eigenvalue weighted by Crippen LogP contribution is 2.14. The molecule has 0 N–H and O–H groups in total. The first-order valence-electron chi connectivity index (χ1n) is 5.62. The maximum absolute atomic E-state index is 11.7. The Morgan fingerprint density at radius 3 is 2.88 bits per heavy atom. The van der Waals surface area contributed by atoms with Crippen molar-refractivity contribution in [3.05, 3.63) is 47.3 Å². The summed E-state index contributed by atoms with van der Waals surface area (Å²) in [6, 6.07) is 9.52. The summed E-state index contributed by atoms with van der Waals surface area (Å²) in [7, 11) is 0. The quantitative estimate of drug-likeness (QED) is 0.731. The Morgan fingerprint density at radius 2 is 2.24 bits per heavy atom. The van der Waals surface area contributed by atoms with Crippen LogP contribution < -0.4 is 0 Å². The number of carbonyl (C=O) groups is 1. The molecule has 1 aromatic rings. The molecule has 0 aliphatic carbocycles. The Kier molecular flexibility index (Phi) is 3.61. The van der Waals surface area contributed by atoms with E-state index in [1.54, 1.807) is 4.90 Å². The molecule has 0 radical (unpaired) electrons. The molecule has 17 heavy (non-hydrogen) atoms. The van der Waals surface area contributed by atoms with Crippen molar-refractivity contribution in [2.45, 2.75) is 19.1 Å². The van der Waals surface area contributed by atoms with Gasteiger partial charge < -0.3 is 14.5 Å². The predicted molar refractivity (Wildman–Crippen MR) is 63.2 cm³/mol. The summed E-state index contributed by atoms with van der Waals surface area (Å²) >= 11 is 0. The number of rotatable bonds is 2. The molecule has 4 nitrogen and oxygen atoms in total. The van der Waals surface area contributed by atoms with Gasteiger partial charge >= 0.3 is 6.09 Å². The third-order valence-electron chi connectivity index (χ3n) is 2.81. The minimum Gasteiger partial charge on any atom is -0.445 e. The van der Waals surface area contributed by atoms with E-state index in [-0.39, 0.29) is 12.1 Å². The standard InChI is InChI=1S/C13H14N2O2/c1-14-12-7-8-15(9-12)13(16)17-10-11-5-3-2-4-6-11/h2-6,12H,7-10H2. The molecule has 0 bridgehead atoms. The van der Waals surface area contributed by atoms with Crippen LogP contribution in [0, 0.1) is 6.57 Å². The minimum absolute atomic E-state index is 0.0562. The van der Waals surface area contributed by atoms with E-state index in [1.807, 2.05) is 30.3 Å². The first-order chi connectivity index (χ1) is 8.29. The summed E-state index contributed by atoms with van der Waals surface area (Å²) in [5.74, 6) is 0. The molecule has 1 aliphatic heterocycles. The molecule has 1 saturated heterocycles. The molecule has 0 spiro atoms. The van der Waals surface area contributed by atoms with Crippen LogP contribution in [0.25, 0.3) is 4.85 Å². The highest BCUT2D eigenvalue weighted by molar-refractivity contribution is 5.68. The van der Waals surface area contributed by atoms with E-state index in [2.05, 4.69) is 4.85 Å². The number of hydrogen-bond donors (Lipinski definition) is 0. The summed E-state index contributed by atoms with van der Waals surface area (Å²) in [5.41, 5.74) is 0.974. The van der Waals surface area contributed by atoms with Gasteiger partial charge in [0.25, 0.3) is 0 Å². The van der Waals surface area contributed by atoms with Gasteiger partial charge in [-0.3, -0.25) is 0 Å². The van der Waals surface area contributed by atoms with E-state index in [0.717, 1.165) is 12.0 Å².